The van der Waals surface area contributed by atoms with Crippen LogP contribution >= 0.6 is 0 Å². The molecule has 6 atom stereocenters. The van der Waals surface area contributed by atoms with Crippen molar-refractivity contribution in [2.45, 2.75) is 64.4 Å². The summed E-state index contributed by atoms with van der Waals surface area (Å²) < 4.78 is 0. The molecule has 0 aromatic heterocycles. The van der Waals surface area contributed by atoms with Gasteiger partial charge in [-0.05, 0) is 80.1 Å². The lowest BCUT2D eigenvalue weighted by Crippen LogP contribution is -2.47. The fraction of sp³-hybridized carbons (Fsp3) is 0.833. The van der Waals surface area contributed by atoms with Gasteiger partial charge in [0.1, 0.15) is 0 Å². The fourth-order valence-electron chi connectivity index (χ4n) is 6.15. The molecule has 0 spiro atoms. The molecule has 0 amide bonds. The number of ketones is 1. The van der Waals surface area contributed by atoms with Crippen molar-refractivity contribution in [2.75, 3.05) is 0 Å². The summed E-state index contributed by atoms with van der Waals surface area (Å²) in [6.45, 7) is 2.33. The third kappa shape index (κ3) is 1.70. The molecular formula is C18H26O2. The first-order valence-corrected chi connectivity index (χ1v) is 8.51. The second-order valence-corrected chi connectivity index (χ2v) is 7.94. The molecule has 2 heteroatoms. The molecule has 4 aliphatic rings. The van der Waals surface area contributed by atoms with Crippen LogP contribution in [0.25, 0.3) is 0 Å². The number of allylic oxidation sites excluding steroid dienone is 1. The molecule has 0 aromatic carbocycles. The monoisotopic (exact) mass is 274 g/mol. The first-order chi connectivity index (χ1) is 9.59. The second-order valence-electron chi connectivity index (χ2n) is 7.94. The molecule has 3 saturated carbocycles. The van der Waals surface area contributed by atoms with Crippen molar-refractivity contribution < 1.29 is 9.90 Å². The molecule has 0 saturated heterocycles. The lowest BCUT2D eigenvalue weighted by atomic mass is 9.52. The Morgan fingerprint density at radius 1 is 1.10 bits per heavy atom. The number of carbonyl (C=O) groups excluding carboxylic acids is 1. The lowest BCUT2D eigenvalue weighted by Gasteiger charge is -2.53. The third-order valence-corrected chi connectivity index (χ3v) is 7.25. The molecule has 0 bridgehead atoms. The van der Waals surface area contributed by atoms with Crippen molar-refractivity contribution in [1.82, 2.24) is 0 Å². The van der Waals surface area contributed by atoms with Crippen LogP contribution in [0.5, 0.6) is 0 Å². The van der Waals surface area contributed by atoms with Crippen molar-refractivity contribution in [3.8, 4) is 0 Å². The maximum absolute atomic E-state index is 11.6. The molecule has 4 aliphatic carbocycles. The van der Waals surface area contributed by atoms with Crippen molar-refractivity contribution in [3.63, 3.8) is 0 Å². The Bertz CT molecular complexity index is 466. The number of hydrogen-bond donors (Lipinski definition) is 1. The number of aliphatic hydroxyl groups excluding tert-OH is 1. The molecule has 2 nitrogen and oxygen atoms in total. The Balaban J connectivity index is 1.63. The van der Waals surface area contributed by atoms with E-state index in [-0.39, 0.29) is 11.5 Å². The van der Waals surface area contributed by atoms with Crippen LogP contribution in [-0.2, 0) is 4.79 Å². The van der Waals surface area contributed by atoms with Gasteiger partial charge in [-0.1, -0.05) is 12.5 Å². The SMILES string of the molecule is C[C@]12CCC3C4CCC(=O)C=C4CCC3C1CC[C@@H]2O. The van der Waals surface area contributed by atoms with E-state index in [0.29, 0.717) is 11.7 Å². The van der Waals surface area contributed by atoms with Crippen LogP contribution in [0.2, 0.25) is 0 Å². The number of fused-ring (bicyclic) bond motifs is 5. The summed E-state index contributed by atoms with van der Waals surface area (Å²) in [5, 5.41) is 10.4. The van der Waals surface area contributed by atoms with Gasteiger partial charge in [-0.15, -0.1) is 0 Å². The van der Waals surface area contributed by atoms with E-state index < -0.39 is 0 Å². The minimum atomic E-state index is -0.0710. The summed E-state index contributed by atoms with van der Waals surface area (Å²) in [5.41, 5.74) is 1.65. The van der Waals surface area contributed by atoms with E-state index in [0.717, 1.165) is 43.4 Å². The number of rotatable bonds is 0. The Morgan fingerprint density at radius 2 is 1.95 bits per heavy atom. The van der Waals surface area contributed by atoms with E-state index in [1.165, 1.54) is 31.3 Å². The molecule has 1 N–H and O–H groups in total. The Morgan fingerprint density at radius 3 is 2.80 bits per heavy atom. The van der Waals surface area contributed by atoms with Crippen LogP contribution < -0.4 is 0 Å². The average molecular weight is 274 g/mol. The molecule has 0 radical (unpaired) electrons. The van der Waals surface area contributed by atoms with Crippen LogP contribution in [-0.4, -0.2) is 17.0 Å². The van der Waals surface area contributed by atoms with Crippen LogP contribution in [0, 0.1) is 29.1 Å². The first kappa shape index (κ1) is 13.1. The highest BCUT2D eigenvalue weighted by Gasteiger charge is 2.55. The van der Waals surface area contributed by atoms with Gasteiger partial charge in [0.15, 0.2) is 5.78 Å². The minimum absolute atomic E-state index is 0.0710. The Labute approximate surface area is 121 Å². The summed E-state index contributed by atoms with van der Waals surface area (Å²) in [6.07, 6.45) is 10.9. The van der Waals surface area contributed by atoms with Crippen LogP contribution in [0.1, 0.15) is 58.3 Å². The van der Waals surface area contributed by atoms with Gasteiger partial charge < -0.3 is 5.11 Å². The van der Waals surface area contributed by atoms with E-state index in [2.05, 4.69) is 6.92 Å². The van der Waals surface area contributed by atoms with Gasteiger partial charge >= 0.3 is 0 Å². The normalized spacial score (nSPS) is 51.0. The van der Waals surface area contributed by atoms with Crippen molar-refractivity contribution in [2.24, 2.45) is 29.1 Å². The fourth-order valence-corrected chi connectivity index (χ4v) is 6.15. The predicted molar refractivity (Wildman–Crippen MR) is 78.1 cm³/mol. The maximum atomic E-state index is 11.6. The maximum Gasteiger partial charge on any atom is 0.155 e. The molecule has 0 aliphatic heterocycles. The zero-order valence-electron chi connectivity index (χ0n) is 12.5. The first-order valence-electron chi connectivity index (χ1n) is 8.51. The predicted octanol–water partition coefficient (Wildman–Crippen LogP) is 3.49. The van der Waals surface area contributed by atoms with Gasteiger partial charge in [0.2, 0.25) is 0 Å². The van der Waals surface area contributed by atoms with Crippen LogP contribution in [0.3, 0.4) is 0 Å². The largest absolute Gasteiger partial charge is 0.393 e. The number of hydrogen-bond acceptors (Lipinski definition) is 2. The van der Waals surface area contributed by atoms with Gasteiger partial charge in [-0.3, -0.25) is 4.79 Å². The summed E-state index contributed by atoms with van der Waals surface area (Å²) in [7, 11) is 0. The van der Waals surface area contributed by atoms with Gasteiger partial charge in [0, 0.05) is 6.42 Å². The quantitative estimate of drug-likeness (QED) is 0.734. The average Bonchev–Trinajstić information content (AvgIpc) is 2.74. The second kappa shape index (κ2) is 4.43. The van der Waals surface area contributed by atoms with Gasteiger partial charge in [0.05, 0.1) is 6.10 Å². The standard InChI is InChI=1S/C18H26O2/c1-18-9-8-14-13-5-3-12(19)10-11(13)2-4-15(14)16(18)6-7-17(18)20/h10,13-17,20H,2-9H2,1H3/t13?,14?,15?,16?,17-,18-/m0/s1. The molecule has 110 valence electrons. The van der Waals surface area contributed by atoms with E-state index in [4.69, 9.17) is 0 Å². The molecule has 4 unspecified atom stereocenters. The molecule has 3 fully saturated rings. The molecule has 4 rings (SSSR count). The highest BCUT2D eigenvalue weighted by atomic mass is 16.3. The molecule has 20 heavy (non-hydrogen) atoms. The lowest BCUT2D eigenvalue weighted by molar-refractivity contribution is -0.116. The Hall–Kier alpha value is -0.630. The molecule has 0 aromatic rings. The van der Waals surface area contributed by atoms with E-state index in [1.54, 1.807) is 0 Å². The van der Waals surface area contributed by atoms with E-state index in [1.807, 2.05) is 6.08 Å². The van der Waals surface area contributed by atoms with Gasteiger partial charge in [-0.25, -0.2) is 0 Å². The van der Waals surface area contributed by atoms with Crippen molar-refractivity contribution >= 4 is 5.78 Å². The van der Waals surface area contributed by atoms with Crippen LogP contribution in [0.4, 0.5) is 0 Å². The summed E-state index contributed by atoms with van der Waals surface area (Å²) >= 11 is 0. The highest BCUT2D eigenvalue weighted by molar-refractivity contribution is 5.91. The third-order valence-electron chi connectivity index (χ3n) is 7.25. The zero-order chi connectivity index (χ0) is 13.9. The van der Waals surface area contributed by atoms with Gasteiger partial charge in [-0.2, -0.15) is 0 Å². The van der Waals surface area contributed by atoms with Gasteiger partial charge in [0.25, 0.3) is 0 Å². The summed E-state index contributed by atoms with van der Waals surface area (Å²) in [6, 6.07) is 0. The number of carbonyl (C=O) groups is 1. The number of aliphatic hydroxyl groups is 1. The highest BCUT2D eigenvalue weighted by Crippen LogP contribution is 2.61. The van der Waals surface area contributed by atoms with Crippen LogP contribution in [0.15, 0.2) is 11.6 Å². The molecule has 0 heterocycles. The summed E-state index contributed by atoms with van der Waals surface area (Å²) in [4.78, 5) is 11.6. The van der Waals surface area contributed by atoms with Crippen molar-refractivity contribution in [1.29, 1.82) is 0 Å². The van der Waals surface area contributed by atoms with E-state index >= 15 is 0 Å². The molecular weight excluding hydrogens is 248 g/mol. The minimum Gasteiger partial charge on any atom is -0.393 e. The zero-order valence-corrected chi connectivity index (χ0v) is 12.5. The smallest absolute Gasteiger partial charge is 0.155 e. The Kier molecular flexibility index (Phi) is 2.89. The summed E-state index contributed by atoms with van der Waals surface area (Å²) in [5.74, 6) is 3.38. The van der Waals surface area contributed by atoms with Crippen molar-refractivity contribution in [3.05, 3.63) is 11.6 Å². The van der Waals surface area contributed by atoms with E-state index in [9.17, 15) is 9.90 Å². The topological polar surface area (TPSA) is 37.3 Å².